The molecule has 0 unspecified atom stereocenters. The van der Waals surface area contributed by atoms with Gasteiger partial charge < -0.3 is 15.5 Å². The van der Waals surface area contributed by atoms with Gasteiger partial charge in [-0.1, -0.05) is 37.3 Å². The van der Waals surface area contributed by atoms with Crippen LogP contribution in [0, 0.1) is 0 Å². The zero-order chi connectivity index (χ0) is 27.4. The van der Waals surface area contributed by atoms with Crippen molar-refractivity contribution >= 4 is 11.8 Å². The van der Waals surface area contributed by atoms with Crippen LogP contribution in [0.25, 0.3) is 28.2 Å². The van der Waals surface area contributed by atoms with Gasteiger partial charge in [0, 0.05) is 68.9 Å². The molecule has 2 N–H and O–H groups in total. The number of nitrogens with zero attached hydrogens (tertiary/aromatic N) is 6. The van der Waals surface area contributed by atoms with Gasteiger partial charge in [0.2, 0.25) is 11.8 Å². The predicted octanol–water partition coefficient (Wildman–Crippen LogP) is 3.53. The lowest BCUT2D eigenvalue weighted by molar-refractivity contribution is -0.133. The number of amides is 2. The van der Waals surface area contributed by atoms with Gasteiger partial charge in [-0.25, -0.2) is 4.98 Å². The van der Waals surface area contributed by atoms with Crippen LogP contribution >= 0.6 is 0 Å². The molecule has 2 aromatic heterocycles. The lowest BCUT2D eigenvalue weighted by Gasteiger charge is -2.34. The van der Waals surface area contributed by atoms with E-state index in [9.17, 15) is 9.59 Å². The number of hydrogen-bond acceptors (Lipinski definition) is 5. The van der Waals surface area contributed by atoms with E-state index in [1.165, 1.54) is 0 Å². The number of piperazine rings is 1. The number of benzene rings is 2. The van der Waals surface area contributed by atoms with Gasteiger partial charge in [-0.2, -0.15) is 5.10 Å². The molecule has 2 aromatic carbocycles. The van der Waals surface area contributed by atoms with Crippen molar-refractivity contribution in [2.24, 2.45) is 12.8 Å². The largest absolute Gasteiger partial charge is 0.366 e. The summed E-state index contributed by atoms with van der Waals surface area (Å²) in [4.78, 5) is 34.8. The topological polar surface area (TPSA) is 102 Å². The number of likely N-dealkylation sites (N-methyl/N-ethyl adjacent to an activating group) is 1. The van der Waals surface area contributed by atoms with E-state index >= 15 is 0 Å². The minimum Gasteiger partial charge on any atom is -0.366 e. The second-order valence-corrected chi connectivity index (χ2v) is 9.93. The maximum absolute atomic E-state index is 12.8. The molecule has 1 aliphatic heterocycles. The Kier molecular flexibility index (Phi) is 7.88. The number of rotatable bonds is 9. The fourth-order valence-corrected chi connectivity index (χ4v) is 5.20. The van der Waals surface area contributed by atoms with E-state index in [-0.39, 0.29) is 5.91 Å². The van der Waals surface area contributed by atoms with Crippen molar-refractivity contribution in [1.29, 1.82) is 0 Å². The first-order valence-electron chi connectivity index (χ1n) is 13.5. The lowest BCUT2D eigenvalue weighted by Crippen LogP contribution is -2.48. The maximum Gasteiger partial charge on any atom is 0.249 e. The van der Waals surface area contributed by atoms with Crippen molar-refractivity contribution in [3.8, 4) is 28.2 Å². The van der Waals surface area contributed by atoms with E-state index in [1.54, 1.807) is 16.9 Å². The Morgan fingerprint density at radius 3 is 2.41 bits per heavy atom. The summed E-state index contributed by atoms with van der Waals surface area (Å²) in [6.07, 6.45) is 7.51. The van der Waals surface area contributed by atoms with Crippen LogP contribution in [0.3, 0.4) is 0 Å². The van der Waals surface area contributed by atoms with E-state index in [0.717, 1.165) is 55.2 Å². The molecule has 0 radical (unpaired) electrons. The molecule has 5 rings (SSSR count). The molecule has 0 bridgehead atoms. The number of carbonyl (C=O) groups is 2. The van der Waals surface area contributed by atoms with Crippen LogP contribution in [0.1, 0.15) is 35.8 Å². The zero-order valence-corrected chi connectivity index (χ0v) is 22.6. The van der Waals surface area contributed by atoms with Crippen molar-refractivity contribution in [3.63, 3.8) is 0 Å². The normalized spacial score (nSPS) is 14.1. The minimum atomic E-state index is -0.520. The monoisotopic (exact) mass is 525 g/mol. The molecule has 4 aromatic rings. The molecule has 3 heterocycles. The average Bonchev–Trinajstić information content (AvgIpc) is 3.59. The second-order valence-electron chi connectivity index (χ2n) is 9.93. The summed E-state index contributed by atoms with van der Waals surface area (Å²) >= 11 is 0. The molecule has 2 amide bonds. The SMILES string of the molecule is CCN1CCN(C(=O)CCCc2cn(-c3ccccc3)c(-c3c(C(N)=O)cccc3-c3cnn(C)c3)n2)CC1. The maximum atomic E-state index is 12.8. The Morgan fingerprint density at radius 2 is 1.74 bits per heavy atom. The van der Waals surface area contributed by atoms with E-state index in [0.29, 0.717) is 36.2 Å². The van der Waals surface area contributed by atoms with Crippen LogP contribution in [0.2, 0.25) is 0 Å². The summed E-state index contributed by atoms with van der Waals surface area (Å²) in [7, 11) is 1.86. The number of nitrogens with two attached hydrogens (primary N) is 1. The van der Waals surface area contributed by atoms with E-state index in [2.05, 4.69) is 16.9 Å². The molecule has 39 heavy (non-hydrogen) atoms. The summed E-state index contributed by atoms with van der Waals surface area (Å²) < 4.78 is 3.73. The van der Waals surface area contributed by atoms with Crippen LogP contribution in [0.5, 0.6) is 0 Å². The van der Waals surface area contributed by atoms with Gasteiger partial charge >= 0.3 is 0 Å². The average molecular weight is 526 g/mol. The first-order chi connectivity index (χ1) is 18.9. The highest BCUT2D eigenvalue weighted by atomic mass is 16.2. The third-order valence-electron chi connectivity index (χ3n) is 7.36. The quantitative estimate of drug-likeness (QED) is 0.360. The van der Waals surface area contributed by atoms with Gasteiger partial charge in [-0.15, -0.1) is 0 Å². The van der Waals surface area contributed by atoms with Gasteiger partial charge in [0.15, 0.2) is 0 Å². The van der Waals surface area contributed by atoms with Crippen molar-refractivity contribution in [2.45, 2.75) is 26.2 Å². The molecular weight excluding hydrogens is 490 g/mol. The fourth-order valence-electron chi connectivity index (χ4n) is 5.20. The molecule has 1 saturated heterocycles. The Labute approximate surface area is 228 Å². The van der Waals surface area contributed by atoms with E-state index < -0.39 is 5.91 Å². The lowest BCUT2D eigenvalue weighted by atomic mass is 9.96. The highest BCUT2D eigenvalue weighted by molar-refractivity contribution is 6.03. The highest BCUT2D eigenvalue weighted by Gasteiger charge is 2.23. The Bertz CT molecular complexity index is 1450. The Hall–Kier alpha value is -4.24. The van der Waals surface area contributed by atoms with Gasteiger partial charge in [0.05, 0.1) is 17.5 Å². The Balaban J connectivity index is 1.46. The molecule has 9 heteroatoms. The summed E-state index contributed by atoms with van der Waals surface area (Å²) in [6, 6.07) is 15.4. The third-order valence-corrected chi connectivity index (χ3v) is 7.36. The van der Waals surface area contributed by atoms with Crippen LogP contribution in [-0.4, -0.2) is 73.7 Å². The van der Waals surface area contributed by atoms with Crippen molar-refractivity contribution < 1.29 is 9.59 Å². The number of para-hydroxylation sites is 1. The molecule has 1 fully saturated rings. The third kappa shape index (κ3) is 5.78. The van der Waals surface area contributed by atoms with E-state index in [1.807, 2.05) is 71.4 Å². The van der Waals surface area contributed by atoms with Gasteiger partial charge in [0.25, 0.3) is 0 Å². The molecular formula is C30H35N7O2. The zero-order valence-electron chi connectivity index (χ0n) is 22.6. The summed E-state index contributed by atoms with van der Waals surface area (Å²) in [5.74, 6) is 0.312. The van der Waals surface area contributed by atoms with Crippen molar-refractivity contribution in [3.05, 3.63) is 78.4 Å². The molecule has 0 saturated carbocycles. The number of aromatic nitrogens is 4. The first kappa shape index (κ1) is 26.4. The summed E-state index contributed by atoms with van der Waals surface area (Å²) in [6.45, 7) is 6.63. The minimum absolute atomic E-state index is 0.200. The number of primary amides is 1. The first-order valence-corrected chi connectivity index (χ1v) is 13.5. The standard InChI is InChI=1S/C30H35N7O2/c1-3-35-15-17-36(18-16-35)27(38)14-7-9-23-21-37(24-10-5-4-6-11-24)30(33-23)28-25(22-19-32-34(2)20-22)12-8-13-26(28)29(31)39/h4-6,8,10-13,19-21H,3,7,9,14-18H2,1-2H3,(H2,31,39). The smallest absolute Gasteiger partial charge is 0.249 e. The van der Waals surface area contributed by atoms with Crippen LogP contribution in [0.15, 0.2) is 67.1 Å². The van der Waals surface area contributed by atoms with E-state index in [4.69, 9.17) is 10.7 Å². The molecule has 0 atom stereocenters. The highest BCUT2D eigenvalue weighted by Crippen LogP contribution is 2.36. The van der Waals surface area contributed by atoms with Crippen molar-refractivity contribution in [2.75, 3.05) is 32.7 Å². The predicted molar refractivity (Wildman–Crippen MR) is 151 cm³/mol. The number of aryl methyl sites for hydroxylation is 2. The van der Waals surface area contributed by atoms with Crippen LogP contribution in [-0.2, 0) is 18.3 Å². The molecule has 9 nitrogen and oxygen atoms in total. The van der Waals surface area contributed by atoms with Gasteiger partial charge in [0.1, 0.15) is 5.82 Å². The molecule has 0 spiro atoms. The number of imidazole rings is 1. The molecule has 202 valence electrons. The van der Waals surface area contributed by atoms with Gasteiger partial charge in [-0.05, 0) is 43.1 Å². The number of hydrogen-bond donors (Lipinski definition) is 1. The Morgan fingerprint density at radius 1 is 0.974 bits per heavy atom. The van der Waals surface area contributed by atoms with Crippen LogP contribution in [0.4, 0.5) is 0 Å². The number of carbonyl (C=O) groups excluding carboxylic acids is 2. The van der Waals surface area contributed by atoms with Crippen molar-refractivity contribution in [1.82, 2.24) is 29.1 Å². The van der Waals surface area contributed by atoms with Gasteiger partial charge in [-0.3, -0.25) is 18.8 Å². The fraction of sp³-hybridized carbons (Fsp3) is 0.333. The molecule has 1 aliphatic rings. The molecule has 0 aliphatic carbocycles. The summed E-state index contributed by atoms with van der Waals surface area (Å²) in [5.41, 5.74) is 10.4. The van der Waals surface area contributed by atoms with Crippen LogP contribution < -0.4 is 5.73 Å². The summed E-state index contributed by atoms with van der Waals surface area (Å²) in [5, 5.41) is 4.33. The second kappa shape index (κ2) is 11.7.